The maximum absolute atomic E-state index is 12.1. The van der Waals surface area contributed by atoms with Crippen molar-refractivity contribution >= 4 is 34.0 Å². The highest BCUT2D eigenvalue weighted by Crippen LogP contribution is 2.29. The van der Waals surface area contributed by atoms with E-state index in [1.807, 2.05) is 36.4 Å². The minimum absolute atomic E-state index is 0.0339. The Bertz CT molecular complexity index is 951. The molecule has 1 aromatic heterocycles. The second-order valence-corrected chi connectivity index (χ2v) is 6.26. The van der Waals surface area contributed by atoms with Gasteiger partial charge in [-0.2, -0.15) is 0 Å². The molecule has 3 aromatic rings. The average Bonchev–Trinajstić information content (AvgIpc) is 3.12. The van der Waals surface area contributed by atoms with Crippen LogP contribution in [-0.4, -0.2) is 10.8 Å². The molecule has 0 fully saturated rings. The second kappa shape index (κ2) is 8.09. The summed E-state index contributed by atoms with van der Waals surface area (Å²) in [5.74, 6) is 0.827. The van der Waals surface area contributed by atoms with Crippen LogP contribution in [-0.2, 0) is 4.79 Å². The maximum atomic E-state index is 12.1. The molecule has 0 atom stereocenters. The predicted molar refractivity (Wildman–Crippen MR) is 102 cm³/mol. The van der Waals surface area contributed by atoms with E-state index in [-0.39, 0.29) is 10.9 Å². The number of carbonyl (C=O) groups is 1. The van der Waals surface area contributed by atoms with Crippen LogP contribution in [0.4, 0.5) is 10.7 Å². The first-order chi connectivity index (χ1) is 12.6. The van der Waals surface area contributed by atoms with Crippen molar-refractivity contribution < 1.29 is 14.5 Å². The number of anilines is 1. The lowest BCUT2D eigenvalue weighted by Gasteiger charge is -2.11. The quantitative estimate of drug-likeness (QED) is 0.374. The molecular weight excluding hydrogens is 352 g/mol. The highest BCUT2D eigenvalue weighted by molar-refractivity contribution is 7.16. The molecule has 26 heavy (non-hydrogen) atoms. The summed E-state index contributed by atoms with van der Waals surface area (Å²) in [5.41, 5.74) is 0.531. The van der Waals surface area contributed by atoms with E-state index in [0.717, 1.165) is 11.3 Å². The minimum Gasteiger partial charge on any atom is -0.455 e. The van der Waals surface area contributed by atoms with Crippen molar-refractivity contribution in [1.82, 2.24) is 0 Å². The number of thiophene rings is 1. The average molecular weight is 366 g/mol. The van der Waals surface area contributed by atoms with Crippen molar-refractivity contribution in [2.75, 3.05) is 5.32 Å². The number of carbonyl (C=O) groups excluding carboxylic acids is 1. The molecular formula is C19H14N2O4S. The van der Waals surface area contributed by atoms with Gasteiger partial charge in [0, 0.05) is 17.0 Å². The standard InChI is InChI=1S/C19H14N2O4S/c22-18(12-10-15-11-13-19(26-15)21(23)24)20-16-8-4-5-9-17(16)25-14-6-2-1-3-7-14/h1-13H,(H,20,22)/b12-10+. The van der Waals surface area contributed by atoms with E-state index >= 15 is 0 Å². The third-order valence-corrected chi connectivity index (χ3v) is 4.31. The van der Waals surface area contributed by atoms with Crippen molar-refractivity contribution in [2.45, 2.75) is 0 Å². The third-order valence-electron chi connectivity index (χ3n) is 3.31. The Morgan fingerprint density at radius 1 is 1.04 bits per heavy atom. The Balaban J connectivity index is 1.69. The molecule has 2 aromatic carbocycles. The first-order valence-electron chi connectivity index (χ1n) is 7.67. The Kier molecular flexibility index (Phi) is 5.40. The smallest absolute Gasteiger partial charge is 0.324 e. The molecule has 0 saturated heterocycles. The van der Waals surface area contributed by atoms with Gasteiger partial charge in [0.05, 0.1) is 10.6 Å². The number of nitrogens with zero attached hydrogens (tertiary/aromatic N) is 1. The van der Waals surface area contributed by atoms with Crippen LogP contribution in [0.3, 0.4) is 0 Å². The van der Waals surface area contributed by atoms with Crippen molar-refractivity contribution in [1.29, 1.82) is 0 Å². The normalized spacial score (nSPS) is 10.6. The van der Waals surface area contributed by atoms with E-state index in [2.05, 4.69) is 5.32 Å². The number of amides is 1. The summed E-state index contributed by atoms with van der Waals surface area (Å²) in [6.45, 7) is 0. The molecule has 130 valence electrons. The molecule has 1 N–H and O–H groups in total. The molecule has 7 heteroatoms. The number of hydrogen-bond acceptors (Lipinski definition) is 5. The van der Waals surface area contributed by atoms with Gasteiger partial charge in [-0.1, -0.05) is 41.7 Å². The molecule has 3 rings (SSSR count). The van der Waals surface area contributed by atoms with Gasteiger partial charge in [0.15, 0.2) is 5.75 Å². The van der Waals surface area contributed by atoms with E-state index in [1.54, 1.807) is 24.3 Å². The topological polar surface area (TPSA) is 81.5 Å². The summed E-state index contributed by atoms with van der Waals surface area (Å²) < 4.78 is 5.79. The molecule has 1 heterocycles. The zero-order valence-corrected chi connectivity index (χ0v) is 14.3. The number of nitro groups is 1. The van der Waals surface area contributed by atoms with Gasteiger partial charge in [-0.05, 0) is 36.4 Å². The van der Waals surface area contributed by atoms with Crippen LogP contribution >= 0.6 is 11.3 Å². The van der Waals surface area contributed by atoms with Gasteiger partial charge < -0.3 is 10.1 Å². The summed E-state index contributed by atoms with van der Waals surface area (Å²) in [5, 5.41) is 13.5. The molecule has 0 saturated carbocycles. The Hall–Kier alpha value is -3.45. The molecule has 6 nitrogen and oxygen atoms in total. The molecule has 0 unspecified atom stereocenters. The fraction of sp³-hybridized carbons (Fsp3) is 0. The SMILES string of the molecule is O=C(/C=C/c1ccc([N+](=O)[O-])s1)Nc1ccccc1Oc1ccccc1. The number of rotatable bonds is 6. The summed E-state index contributed by atoms with van der Waals surface area (Å²) in [6.07, 6.45) is 2.86. The number of benzene rings is 2. The lowest BCUT2D eigenvalue weighted by atomic mass is 10.2. The lowest BCUT2D eigenvalue weighted by molar-refractivity contribution is -0.380. The molecule has 1 amide bonds. The minimum atomic E-state index is -0.459. The predicted octanol–water partition coefficient (Wildman–Crippen LogP) is 5.10. The summed E-state index contributed by atoms with van der Waals surface area (Å²) in [7, 11) is 0. The third kappa shape index (κ3) is 4.55. The van der Waals surface area contributed by atoms with Crippen molar-refractivity contribution in [3.8, 4) is 11.5 Å². The molecule has 0 aliphatic carbocycles. The molecule has 0 aliphatic rings. The molecule has 0 radical (unpaired) electrons. The van der Waals surface area contributed by atoms with E-state index in [4.69, 9.17) is 4.74 Å². The van der Waals surface area contributed by atoms with Crippen LogP contribution < -0.4 is 10.1 Å². The lowest BCUT2D eigenvalue weighted by Crippen LogP contribution is -2.08. The highest BCUT2D eigenvalue weighted by atomic mass is 32.1. The number of hydrogen-bond donors (Lipinski definition) is 1. The van der Waals surface area contributed by atoms with Gasteiger partial charge in [0.25, 0.3) is 0 Å². The van der Waals surface area contributed by atoms with Gasteiger partial charge in [0.2, 0.25) is 5.91 Å². The summed E-state index contributed by atoms with van der Waals surface area (Å²) >= 11 is 1.00. The van der Waals surface area contributed by atoms with Crippen LogP contribution in [0, 0.1) is 10.1 Å². The largest absolute Gasteiger partial charge is 0.455 e. The Labute approximate surface area is 153 Å². The van der Waals surface area contributed by atoms with Gasteiger partial charge in [0.1, 0.15) is 5.75 Å². The van der Waals surface area contributed by atoms with Crippen LogP contribution in [0.25, 0.3) is 6.08 Å². The zero-order chi connectivity index (χ0) is 18.4. The van der Waals surface area contributed by atoms with E-state index in [1.165, 1.54) is 18.2 Å². The molecule has 0 bridgehead atoms. The molecule has 0 spiro atoms. The van der Waals surface area contributed by atoms with Crippen molar-refractivity contribution in [3.63, 3.8) is 0 Å². The fourth-order valence-corrected chi connectivity index (χ4v) is 2.86. The van der Waals surface area contributed by atoms with E-state index < -0.39 is 4.92 Å². The van der Waals surface area contributed by atoms with Gasteiger partial charge in [-0.3, -0.25) is 14.9 Å². The number of para-hydroxylation sites is 3. The van der Waals surface area contributed by atoms with Gasteiger partial charge in [-0.15, -0.1) is 0 Å². The Morgan fingerprint density at radius 2 is 1.77 bits per heavy atom. The second-order valence-electron chi connectivity index (χ2n) is 5.17. The van der Waals surface area contributed by atoms with Crippen molar-refractivity contribution in [2.24, 2.45) is 0 Å². The van der Waals surface area contributed by atoms with E-state index in [9.17, 15) is 14.9 Å². The van der Waals surface area contributed by atoms with Gasteiger partial charge >= 0.3 is 5.00 Å². The number of nitrogens with one attached hydrogen (secondary N) is 1. The first-order valence-corrected chi connectivity index (χ1v) is 8.49. The fourth-order valence-electron chi connectivity index (χ4n) is 2.14. The highest BCUT2D eigenvalue weighted by Gasteiger charge is 2.09. The van der Waals surface area contributed by atoms with Crippen molar-refractivity contribution in [3.05, 3.63) is 87.8 Å². The van der Waals surface area contributed by atoms with Crippen LogP contribution in [0.2, 0.25) is 0 Å². The van der Waals surface area contributed by atoms with Crippen LogP contribution in [0.1, 0.15) is 4.88 Å². The molecule has 0 aliphatic heterocycles. The summed E-state index contributed by atoms with van der Waals surface area (Å²) in [6, 6.07) is 19.4. The maximum Gasteiger partial charge on any atom is 0.324 e. The van der Waals surface area contributed by atoms with Crippen LogP contribution in [0.15, 0.2) is 72.8 Å². The summed E-state index contributed by atoms with van der Waals surface area (Å²) in [4.78, 5) is 23.0. The Morgan fingerprint density at radius 3 is 2.50 bits per heavy atom. The van der Waals surface area contributed by atoms with Crippen LogP contribution in [0.5, 0.6) is 11.5 Å². The monoisotopic (exact) mass is 366 g/mol. The number of ether oxygens (including phenoxy) is 1. The van der Waals surface area contributed by atoms with Gasteiger partial charge in [-0.25, -0.2) is 0 Å². The zero-order valence-electron chi connectivity index (χ0n) is 13.5. The first kappa shape index (κ1) is 17.4. The van der Waals surface area contributed by atoms with E-state index in [0.29, 0.717) is 22.1 Å².